The molecule has 0 radical (unpaired) electrons. The fourth-order valence-corrected chi connectivity index (χ4v) is 2.13. The molecule has 3 heteroatoms. The molecule has 15 heavy (non-hydrogen) atoms. The monoisotopic (exact) mass is 205 g/mol. The van der Waals surface area contributed by atoms with Crippen molar-refractivity contribution in [3.8, 4) is 0 Å². The third kappa shape index (κ3) is 2.02. The number of rotatable bonds is 2. The minimum absolute atomic E-state index is 0.391. The fraction of sp³-hybridized carbons (Fsp3) is 0.417. The molecule has 1 heterocycles. The summed E-state index contributed by atoms with van der Waals surface area (Å²) in [5.41, 5.74) is 2.76. The molecule has 1 aliphatic rings. The second kappa shape index (κ2) is 4.03. The summed E-state index contributed by atoms with van der Waals surface area (Å²) in [6, 6.07) is 5.38. The molecule has 0 aliphatic carbocycles. The maximum absolute atomic E-state index is 10.9. The molecule has 0 bridgehead atoms. The lowest BCUT2D eigenvalue weighted by Gasteiger charge is -2.12. The van der Waals surface area contributed by atoms with Crippen LogP contribution in [0.15, 0.2) is 18.2 Å². The van der Waals surface area contributed by atoms with Crippen molar-refractivity contribution >= 4 is 5.97 Å². The molecular formula is C12H15NO2. The molecule has 2 rings (SSSR count). The van der Waals surface area contributed by atoms with Gasteiger partial charge in [-0.1, -0.05) is 6.07 Å². The van der Waals surface area contributed by atoms with Crippen molar-refractivity contribution in [1.82, 2.24) is 5.32 Å². The summed E-state index contributed by atoms with van der Waals surface area (Å²) in [6.07, 6.45) is 1.10. The van der Waals surface area contributed by atoms with Gasteiger partial charge in [-0.25, -0.2) is 4.79 Å². The van der Waals surface area contributed by atoms with E-state index < -0.39 is 5.97 Å². The van der Waals surface area contributed by atoms with Gasteiger partial charge in [0.15, 0.2) is 0 Å². The predicted octanol–water partition coefficient (Wildman–Crippen LogP) is 1.77. The van der Waals surface area contributed by atoms with Crippen LogP contribution in [-0.2, 0) is 0 Å². The molecule has 0 spiro atoms. The van der Waals surface area contributed by atoms with Gasteiger partial charge in [0.25, 0.3) is 0 Å². The van der Waals surface area contributed by atoms with E-state index in [1.54, 1.807) is 6.07 Å². The van der Waals surface area contributed by atoms with Gasteiger partial charge in [-0.2, -0.15) is 0 Å². The Bertz CT molecular complexity index is 381. The Morgan fingerprint density at radius 3 is 2.93 bits per heavy atom. The van der Waals surface area contributed by atoms with Crippen molar-refractivity contribution < 1.29 is 9.90 Å². The second-order valence-corrected chi connectivity index (χ2v) is 4.07. The van der Waals surface area contributed by atoms with Crippen LogP contribution in [-0.4, -0.2) is 24.2 Å². The van der Waals surface area contributed by atoms with Crippen molar-refractivity contribution in [1.29, 1.82) is 0 Å². The lowest BCUT2D eigenvalue weighted by Crippen LogP contribution is -2.09. The lowest BCUT2D eigenvalue weighted by atomic mass is 9.92. The van der Waals surface area contributed by atoms with E-state index in [2.05, 4.69) is 5.32 Å². The largest absolute Gasteiger partial charge is 0.478 e. The van der Waals surface area contributed by atoms with E-state index in [-0.39, 0.29) is 0 Å². The third-order valence-electron chi connectivity index (χ3n) is 3.03. The molecule has 1 aromatic carbocycles. The summed E-state index contributed by atoms with van der Waals surface area (Å²) < 4.78 is 0. The number of hydrogen-bond acceptors (Lipinski definition) is 2. The summed E-state index contributed by atoms with van der Waals surface area (Å²) in [6.45, 7) is 4.03. The first-order valence-electron chi connectivity index (χ1n) is 5.23. The van der Waals surface area contributed by atoms with E-state index in [1.165, 1.54) is 11.1 Å². The van der Waals surface area contributed by atoms with E-state index >= 15 is 0 Å². The molecular weight excluding hydrogens is 190 g/mol. The summed E-state index contributed by atoms with van der Waals surface area (Å²) in [7, 11) is 0. The molecule has 0 saturated carbocycles. The van der Waals surface area contributed by atoms with Crippen LogP contribution in [0.25, 0.3) is 0 Å². The van der Waals surface area contributed by atoms with Crippen LogP contribution in [0.3, 0.4) is 0 Å². The van der Waals surface area contributed by atoms with Gasteiger partial charge in [0.05, 0.1) is 5.56 Å². The molecule has 1 aliphatic heterocycles. The van der Waals surface area contributed by atoms with Crippen LogP contribution >= 0.6 is 0 Å². The number of carboxylic acids is 1. The number of aryl methyl sites for hydroxylation is 1. The highest BCUT2D eigenvalue weighted by molar-refractivity contribution is 5.87. The summed E-state index contributed by atoms with van der Waals surface area (Å²) >= 11 is 0. The minimum atomic E-state index is -0.845. The quantitative estimate of drug-likeness (QED) is 0.773. The standard InChI is InChI=1S/C12H15NO2/c1-8-2-3-9(12(14)15)6-11(8)10-4-5-13-7-10/h2-3,6,10,13H,4-5,7H2,1H3,(H,14,15). The number of nitrogens with one attached hydrogen (secondary N) is 1. The van der Waals surface area contributed by atoms with E-state index in [0.717, 1.165) is 19.5 Å². The van der Waals surface area contributed by atoms with Gasteiger partial charge in [-0.15, -0.1) is 0 Å². The third-order valence-corrected chi connectivity index (χ3v) is 3.03. The van der Waals surface area contributed by atoms with E-state index in [9.17, 15) is 4.79 Å². The average molecular weight is 205 g/mol. The zero-order chi connectivity index (χ0) is 10.8. The highest BCUT2D eigenvalue weighted by atomic mass is 16.4. The maximum atomic E-state index is 10.9. The van der Waals surface area contributed by atoms with Crippen molar-refractivity contribution in [2.75, 3.05) is 13.1 Å². The van der Waals surface area contributed by atoms with E-state index in [4.69, 9.17) is 5.11 Å². The number of carboxylic acid groups (broad SMARTS) is 1. The molecule has 1 fully saturated rings. The van der Waals surface area contributed by atoms with Gasteiger partial charge >= 0.3 is 5.97 Å². The molecule has 2 N–H and O–H groups in total. The van der Waals surface area contributed by atoms with Gasteiger partial charge < -0.3 is 10.4 Å². The summed E-state index contributed by atoms with van der Waals surface area (Å²) in [5, 5.41) is 12.2. The highest BCUT2D eigenvalue weighted by Gasteiger charge is 2.19. The van der Waals surface area contributed by atoms with Crippen LogP contribution in [0.1, 0.15) is 33.8 Å². The van der Waals surface area contributed by atoms with Crippen LogP contribution in [0.5, 0.6) is 0 Å². The average Bonchev–Trinajstić information content (AvgIpc) is 2.71. The number of carbonyl (C=O) groups is 1. The molecule has 3 nitrogen and oxygen atoms in total. The minimum Gasteiger partial charge on any atom is -0.478 e. The molecule has 1 atom stereocenters. The Morgan fingerprint density at radius 2 is 2.33 bits per heavy atom. The smallest absolute Gasteiger partial charge is 0.335 e. The van der Waals surface area contributed by atoms with Crippen LogP contribution in [0.2, 0.25) is 0 Å². The molecule has 0 aromatic heterocycles. The number of benzene rings is 1. The topological polar surface area (TPSA) is 49.3 Å². The Kier molecular flexibility index (Phi) is 2.73. The van der Waals surface area contributed by atoms with Crippen LogP contribution < -0.4 is 5.32 Å². The van der Waals surface area contributed by atoms with Crippen molar-refractivity contribution in [3.05, 3.63) is 34.9 Å². The number of aromatic carboxylic acids is 1. The Labute approximate surface area is 89.1 Å². The normalized spacial score (nSPS) is 20.5. The van der Waals surface area contributed by atoms with Gasteiger partial charge in [-0.05, 0) is 49.1 Å². The van der Waals surface area contributed by atoms with Crippen molar-refractivity contribution in [2.45, 2.75) is 19.3 Å². The molecule has 1 aromatic rings. The van der Waals surface area contributed by atoms with Crippen LogP contribution in [0, 0.1) is 6.92 Å². The van der Waals surface area contributed by atoms with Gasteiger partial charge in [-0.3, -0.25) is 0 Å². The first-order chi connectivity index (χ1) is 7.18. The Hall–Kier alpha value is -1.35. The van der Waals surface area contributed by atoms with Crippen LogP contribution in [0.4, 0.5) is 0 Å². The zero-order valence-electron chi connectivity index (χ0n) is 8.79. The maximum Gasteiger partial charge on any atom is 0.335 e. The zero-order valence-corrected chi connectivity index (χ0v) is 8.79. The van der Waals surface area contributed by atoms with Crippen molar-refractivity contribution in [3.63, 3.8) is 0 Å². The van der Waals surface area contributed by atoms with Gasteiger partial charge in [0.1, 0.15) is 0 Å². The predicted molar refractivity (Wildman–Crippen MR) is 58.4 cm³/mol. The van der Waals surface area contributed by atoms with E-state index in [1.807, 2.05) is 19.1 Å². The molecule has 80 valence electrons. The second-order valence-electron chi connectivity index (χ2n) is 4.07. The molecule has 0 amide bonds. The summed E-state index contributed by atoms with van der Waals surface area (Å²) in [4.78, 5) is 10.9. The Morgan fingerprint density at radius 1 is 1.53 bits per heavy atom. The molecule has 1 unspecified atom stereocenters. The van der Waals surface area contributed by atoms with E-state index in [0.29, 0.717) is 11.5 Å². The fourth-order valence-electron chi connectivity index (χ4n) is 2.13. The van der Waals surface area contributed by atoms with Crippen molar-refractivity contribution in [2.24, 2.45) is 0 Å². The lowest BCUT2D eigenvalue weighted by molar-refractivity contribution is 0.0696. The first-order valence-corrected chi connectivity index (χ1v) is 5.23. The number of hydrogen-bond donors (Lipinski definition) is 2. The van der Waals surface area contributed by atoms with Gasteiger partial charge in [0, 0.05) is 6.54 Å². The Balaban J connectivity index is 2.35. The summed E-state index contributed by atoms with van der Waals surface area (Å²) in [5.74, 6) is -0.369. The van der Waals surface area contributed by atoms with Gasteiger partial charge in [0.2, 0.25) is 0 Å². The molecule has 1 saturated heterocycles. The highest BCUT2D eigenvalue weighted by Crippen LogP contribution is 2.26. The SMILES string of the molecule is Cc1ccc(C(=O)O)cc1C1CCNC1. The first kappa shape index (κ1) is 10.2.